The van der Waals surface area contributed by atoms with Gasteiger partial charge in [0.15, 0.2) is 0 Å². The fraction of sp³-hybridized carbons (Fsp3) is 0.615. The molecule has 2 fully saturated rings. The largest absolute Gasteiger partial charge is 0.312 e. The van der Waals surface area contributed by atoms with Crippen LogP contribution < -0.4 is 5.32 Å². The van der Waals surface area contributed by atoms with Crippen LogP contribution in [0.2, 0.25) is 0 Å². The number of hydrogen-bond donors (Lipinski definition) is 1. The first-order valence-electron chi connectivity index (χ1n) is 6.09. The molecule has 2 saturated carbocycles. The highest BCUT2D eigenvalue weighted by molar-refractivity contribution is 5.10. The Balaban J connectivity index is 1.50. The van der Waals surface area contributed by atoms with Gasteiger partial charge in [-0.25, -0.2) is 4.39 Å². The number of aromatic nitrogens is 1. The van der Waals surface area contributed by atoms with Crippen LogP contribution in [0.25, 0.3) is 0 Å². The molecule has 3 heteroatoms. The summed E-state index contributed by atoms with van der Waals surface area (Å²) in [5, 5.41) is 3.45. The van der Waals surface area contributed by atoms with Gasteiger partial charge in [0.25, 0.3) is 0 Å². The van der Waals surface area contributed by atoms with Gasteiger partial charge in [-0.15, -0.1) is 0 Å². The lowest BCUT2D eigenvalue weighted by Crippen LogP contribution is -2.25. The molecule has 1 aromatic rings. The molecule has 1 aromatic heterocycles. The minimum atomic E-state index is -0.248. The second kappa shape index (κ2) is 3.81. The molecule has 0 spiro atoms. The molecular formula is C13H17FN2. The van der Waals surface area contributed by atoms with Crippen molar-refractivity contribution in [3.05, 3.63) is 29.8 Å². The SMILES string of the molecule is Fc1cncc(CNCC2(C3CC3)CC2)c1. The average Bonchev–Trinajstić information content (AvgIpc) is 3.13. The van der Waals surface area contributed by atoms with E-state index in [1.54, 1.807) is 12.3 Å². The predicted octanol–water partition coefficient (Wildman–Crippen LogP) is 2.50. The summed E-state index contributed by atoms with van der Waals surface area (Å²) >= 11 is 0. The molecule has 0 radical (unpaired) electrons. The molecular weight excluding hydrogens is 203 g/mol. The van der Waals surface area contributed by atoms with E-state index in [1.807, 2.05) is 0 Å². The van der Waals surface area contributed by atoms with Crippen LogP contribution in [0.1, 0.15) is 31.2 Å². The lowest BCUT2D eigenvalue weighted by atomic mass is 10.0. The van der Waals surface area contributed by atoms with Crippen molar-refractivity contribution in [3.63, 3.8) is 0 Å². The number of pyridine rings is 1. The molecule has 0 saturated heterocycles. The van der Waals surface area contributed by atoms with Gasteiger partial charge in [0.2, 0.25) is 0 Å². The van der Waals surface area contributed by atoms with Gasteiger partial charge in [0.1, 0.15) is 5.82 Å². The van der Waals surface area contributed by atoms with Gasteiger partial charge in [-0.1, -0.05) is 0 Å². The number of rotatable bonds is 5. The molecule has 0 amide bonds. The topological polar surface area (TPSA) is 24.9 Å². The van der Waals surface area contributed by atoms with Crippen molar-refractivity contribution in [1.29, 1.82) is 0 Å². The standard InChI is InChI=1S/C13H17FN2/c14-12-5-10(6-15-8-12)7-16-9-13(3-4-13)11-1-2-11/h5-6,8,11,16H,1-4,7,9H2. The Morgan fingerprint density at radius 3 is 2.81 bits per heavy atom. The summed E-state index contributed by atoms with van der Waals surface area (Å²) in [5.74, 6) is 0.730. The molecule has 2 nitrogen and oxygen atoms in total. The fourth-order valence-corrected chi connectivity index (χ4v) is 2.59. The van der Waals surface area contributed by atoms with E-state index in [4.69, 9.17) is 0 Å². The van der Waals surface area contributed by atoms with E-state index in [0.717, 1.165) is 24.6 Å². The zero-order valence-corrected chi connectivity index (χ0v) is 9.38. The Hall–Kier alpha value is -0.960. The number of halogens is 1. The van der Waals surface area contributed by atoms with Crippen LogP contribution in [0.15, 0.2) is 18.5 Å². The highest BCUT2D eigenvalue weighted by atomic mass is 19.1. The molecule has 1 N–H and O–H groups in total. The Morgan fingerprint density at radius 2 is 2.19 bits per heavy atom. The first kappa shape index (κ1) is 10.2. The van der Waals surface area contributed by atoms with Crippen LogP contribution in [0, 0.1) is 17.2 Å². The molecule has 0 aromatic carbocycles. The molecule has 2 aliphatic rings. The molecule has 3 rings (SSSR count). The predicted molar refractivity (Wildman–Crippen MR) is 60.3 cm³/mol. The number of nitrogens with zero attached hydrogens (tertiary/aromatic N) is 1. The Bertz CT molecular complexity index is 383. The van der Waals surface area contributed by atoms with Crippen molar-refractivity contribution in [2.75, 3.05) is 6.54 Å². The normalized spacial score (nSPS) is 22.1. The summed E-state index contributed by atoms with van der Waals surface area (Å²) in [7, 11) is 0. The summed E-state index contributed by atoms with van der Waals surface area (Å²) < 4.78 is 12.9. The second-order valence-electron chi connectivity index (χ2n) is 5.25. The zero-order valence-electron chi connectivity index (χ0n) is 9.38. The van der Waals surface area contributed by atoms with Gasteiger partial charge in [0, 0.05) is 19.3 Å². The van der Waals surface area contributed by atoms with Crippen molar-refractivity contribution in [2.45, 2.75) is 32.2 Å². The Kier molecular flexibility index (Phi) is 2.43. The van der Waals surface area contributed by atoms with Crippen LogP contribution in [0.5, 0.6) is 0 Å². The lowest BCUT2D eigenvalue weighted by Gasteiger charge is -2.14. The van der Waals surface area contributed by atoms with E-state index in [0.29, 0.717) is 5.41 Å². The third kappa shape index (κ3) is 2.09. The van der Waals surface area contributed by atoms with Crippen molar-refractivity contribution in [1.82, 2.24) is 10.3 Å². The van der Waals surface area contributed by atoms with Gasteiger partial charge in [-0.05, 0) is 48.6 Å². The Labute approximate surface area is 95.3 Å². The second-order valence-corrected chi connectivity index (χ2v) is 5.25. The van der Waals surface area contributed by atoms with Crippen LogP contribution in [-0.4, -0.2) is 11.5 Å². The molecule has 1 heterocycles. The van der Waals surface area contributed by atoms with Crippen LogP contribution in [0.3, 0.4) is 0 Å². The van der Waals surface area contributed by atoms with Crippen LogP contribution in [-0.2, 0) is 6.54 Å². The van der Waals surface area contributed by atoms with Crippen molar-refractivity contribution in [2.24, 2.45) is 11.3 Å². The van der Waals surface area contributed by atoms with Gasteiger partial charge in [-0.2, -0.15) is 0 Å². The number of hydrogen-bond acceptors (Lipinski definition) is 2. The maximum absolute atomic E-state index is 12.9. The lowest BCUT2D eigenvalue weighted by molar-refractivity contribution is 0.403. The van der Waals surface area contributed by atoms with E-state index in [2.05, 4.69) is 10.3 Å². The van der Waals surface area contributed by atoms with Gasteiger partial charge in [0.05, 0.1) is 6.20 Å². The summed E-state index contributed by atoms with van der Waals surface area (Å²) in [6.45, 7) is 1.83. The van der Waals surface area contributed by atoms with Gasteiger partial charge < -0.3 is 5.32 Å². The molecule has 0 aliphatic heterocycles. The average molecular weight is 220 g/mol. The minimum absolute atomic E-state index is 0.248. The van der Waals surface area contributed by atoms with Gasteiger partial charge in [-0.3, -0.25) is 4.98 Å². The first-order chi connectivity index (χ1) is 7.78. The fourth-order valence-electron chi connectivity index (χ4n) is 2.59. The van der Waals surface area contributed by atoms with E-state index < -0.39 is 0 Å². The third-order valence-electron chi connectivity index (χ3n) is 3.90. The first-order valence-corrected chi connectivity index (χ1v) is 6.09. The smallest absolute Gasteiger partial charge is 0.141 e. The minimum Gasteiger partial charge on any atom is -0.312 e. The van der Waals surface area contributed by atoms with E-state index in [-0.39, 0.29) is 5.82 Å². The van der Waals surface area contributed by atoms with Crippen molar-refractivity contribution < 1.29 is 4.39 Å². The molecule has 0 unspecified atom stereocenters. The molecule has 86 valence electrons. The van der Waals surface area contributed by atoms with Crippen LogP contribution >= 0.6 is 0 Å². The summed E-state index contributed by atoms with van der Waals surface area (Å²) in [4.78, 5) is 3.85. The maximum Gasteiger partial charge on any atom is 0.141 e. The zero-order chi connectivity index (χ0) is 11.0. The van der Waals surface area contributed by atoms with E-state index in [1.165, 1.54) is 31.9 Å². The highest BCUT2D eigenvalue weighted by Crippen LogP contribution is 2.60. The maximum atomic E-state index is 12.9. The summed E-state index contributed by atoms with van der Waals surface area (Å²) in [6, 6.07) is 1.55. The quantitative estimate of drug-likeness (QED) is 0.824. The summed E-state index contributed by atoms with van der Waals surface area (Å²) in [6.07, 6.45) is 8.58. The Morgan fingerprint density at radius 1 is 1.38 bits per heavy atom. The molecule has 0 atom stereocenters. The van der Waals surface area contributed by atoms with Crippen LogP contribution in [0.4, 0.5) is 4.39 Å². The summed E-state index contributed by atoms with van der Waals surface area (Å²) in [5.41, 5.74) is 1.55. The van der Waals surface area contributed by atoms with Crippen molar-refractivity contribution in [3.8, 4) is 0 Å². The molecule has 16 heavy (non-hydrogen) atoms. The molecule has 2 aliphatic carbocycles. The van der Waals surface area contributed by atoms with E-state index in [9.17, 15) is 4.39 Å². The monoisotopic (exact) mass is 220 g/mol. The van der Waals surface area contributed by atoms with Gasteiger partial charge >= 0.3 is 0 Å². The van der Waals surface area contributed by atoms with Crippen molar-refractivity contribution >= 4 is 0 Å². The molecule has 0 bridgehead atoms. The highest BCUT2D eigenvalue weighted by Gasteiger charge is 2.53. The van der Waals surface area contributed by atoms with E-state index >= 15 is 0 Å². The third-order valence-corrected chi connectivity index (χ3v) is 3.90. The number of nitrogens with one attached hydrogen (secondary N) is 1.